The van der Waals surface area contributed by atoms with Crippen LogP contribution >= 0.6 is 0 Å². The highest BCUT2D eigenvalue weighted by atomic mass is 15.3. The van der Waals surface area contributed by atoms with Crippen LogP contribution in [0.5, 0.6) is 0 Å². The highest BCUT2D eigenvalue weighted by Gasteiger charge is 2.29. The normalized spacial score (nSPS) is 18.0. The van der Waals surface area contributed by atoms with E-state index in [9.17, 15) is 0 Å². The molecule has 1 aliphatic heterocycles. The van der Waals surface area contributed by atoms with Crippen molar-refractivity contribution in [2.24, 2.45) is 7.05 Å². The molecule has 1 saturated heterocycles. The number of hydrogen-bond acceptors (Lipinski definition) is 5. The van der Waals surface area contributed by atoms with Gasteiger partial charge in [0, 0.05) is 13.6 Å². The largest absolute Gasteiger partial charge is 0.383 e. The van der Waals surface area contributed by atoms with Crippen molar-refractivity contribution < 1.29 is 0 Å². The van der Waals surface area contributed by atoms with Gasteiger partial charge in [-0.1, -0.05) is 24.3 Å². The van der Waals surface area contributed by atoms with Gasteiger partial charge in [-0.15, -0.1) is 0 Å². The van der Waals surface area contributed by atoms with Crippen LogP contribution in [-0.4, -0.2) is 26.3 Å². The van der Waals surface area contributed by atoms with Gasteiger partial charge in [0.2, 0.25) is 5.95 Å². The van der Waals surface area contributed by atoms with Crippen molar-refractivity contribution in [1.29, 1.82) is 0 Å². The minimum absolute atomic E-state index is 0.307. The first-order chi connectivity index (χ1) is 11.1. The first-order valence-electron chi connectivity index (χ1n) is 7.92. The van der Waals surface area contributed by atoms with Crippen molar-refractivity contribution in [3.05, 3.63) is 41.6 Å². The molecule has 4 rings (SSSR count). The van der Waals surface area contributed by atoms with Gasteiger partial charge in [-0.2, -0.15) is 15.1 Å². The van der Waals surface area contributed by atoms with Crippen LogP contribution < -0.4 is 10.6 Å². The predicted molar refractivity (Wildman–Crippen MR) is 91.2 cm³/mol. The van der Waals surface area contributed by atoms with Gasteiger partial charge in [0.15, 0.2) is 5.65 Å². The number of aryl methyl sites for hydroxylation is 2. The molecule has 3 heterocycles. The van der Waals surface area contributed by atoms with Crippen molar-refractivity contribution in [2.75, 3.05) is 17.2 Å². The Morgan fingerprint density at radius 1 is 1.22 bits per heavy atom. The monoisotopic (exact) mass is 308 g/mol. The quantitative estimate of drug-likeness (QED) is 0.788. The Morgan fingerprint density at radius 2 is 2.04 bits per heavy atom. The number of rotatable bonds is 2. The second kappa shape index (κ2) is 5.22. The van der Waals surface area contributed by atoms with Crippen molar-refractivity contribution in [3.63, 3.8) is 0 Å². The topological polar surface area (TPSA) is 72.9 Å². The third-order valence-electron chi connectivity index (χ3n) is 4.67. The lowest BCUT2D eigenvalue weighted by Gasteiger charge is -2.26. The second-order valence-electron chi connectivity index (χ2n) is 6.12. The molecule has 3 aromatic rings. The molecule has 0 amide bonds. The Kier molecular flexibility index (Phi) is 3.18. The minimum atomic E-state index is 0.307. The molecular weight excluding hydrogens is 288 g/mol. The molecule has 0 radical (unpaired) electrons. The number of nitrogen functional groups attached to an aromatic ring is 1. The van der Waals surface area contributed by atoms with E-state index in [1.54, 1.807) is 10.9 Å². The molecule has 118 valence electrons. The lowest BCUT2D eigenvalue weighted by atomic mass is 9.99. The smallest absolute Gasteiger partial charge is 0.229 e. The number of anilines is 2. The lowest BCUT2D eigenvalue weighted by molar-refractivity contribution is 0.697. The van der Waals surface area contributed by atoms with E-state index in [1.165, 1.54) is 11.1 Å². The lowest BCUT2D eigenvalue weighted by Crippen LogP contribution is -2.25. The first-order valence-corrected chi connectivity index (χ1v) is 7.92. The van der Waals surface area contributed by atoms with Gasteiger partial charge >= 0.3 is 0 Å². The molecule has 1 aromatic carbocycles. The van der Waals surface area contributed by atoms with E-state index in [1.807, 2.05) is 7.05 Å². The van der Waals surface area contributed by atoms with Crippen molar-refractivity contribution in [3.8, 4) is 0 Å². The van der Waals surface area contributed by atoms with Gasteiger partial charge in [0.25, 0.3) is 0 Å². The highest BCUT2D eigenvalue weighted by molar-refractivity contribution is 5.86. The van der Waals surface area contributed by atoms with Crippen LogP contribution in [0.2, 0.25) is 0 Å². The summed E-state index contributed by atoms with van der Waals surface area (Å²) in [6, 6.07) is 8.84. The molecule has 2 aromatic heterocycles. The Hall–Kier alpha value is -2.63. The molecule has 6 heteroatoms. The van der Waals surface area contributed by atoms with E-state index in [-0.39, 0.29) is 0 Å². The van der Waals surface area contributed by atoms with Crippen LogP contribution in [0.1, 0.15) is 30.0 Å². The number of nitrogens with two attached hydrogens (primary N) is 1. The number of fused-ring (bicyclic) bond motifs is 1. The molecule has 6 nitrogen and oxygen atoms in total. The zero-order valence-corrected chi connectivity index (χ0v) is 13.4. The van der Waals surface area contributed by atoms with Gasteiger partial charge in [0.1, 0.15) is 5.82 Å². The zero-order valence-electron chi connectivity index (χ0n) is 13.4. The molecule has 1 atom stereocenters. The molecule has 0 bridgehead atoms. The fraction of sp³-hybridized carbons (Fsp3) is 0.353. The van der Waals surface area contributed by atoms with E-state index >= 15 is 0 Å². The Morgan fingerprint density at radius 3 is 2.87 bits per heavy atom. The Bertz CT molecular complexity index is 869. The van der Waals surface area contributed by atoms with Crippen LogP contribution in [0.3, 0.4) is 0 Å². The summed E-state index contributed by atoms with van der Waals surface area (Å²) < 4.78 is 1.75. The molecule has 0 aliphatic carbocycles. The predicted octanol–water partition coefficient (Wildman–Crippen LogP) is 2.60. The third-order valence-corrected chi connectivity index (χ3v) is 4.67. The van der Waals surface area contributed by atoms with E-state index in [4.69, 9.17) is 10.7 Å². The Labute approximate surface area is 135 Å². The highest BCUT2D eigenvalue weighted by Crippen LogP contribution is 2.36. The summed E-state index contributed by atoms with van der Waals surface area (Å²) in [5.41, 5.74) is 9.55. The molecule has 2 N–H and O–H groups in total. The van der Waals surface area contributed by atoms with Crippen LogP contribution in [0.25, 0.3) is 11.0 Å². The van der Waals surface area contributed by atoms with Gasteiger partial charge in [-0.05, 0) is 30.9 Å². The molecule has 1 fully saturated rings. The van der Waals surface area contributed by atoms with Crippen LogP contribution in [0, 0.1) is 6.92 Å². The van der Waals surface area contributed by atoms with E-state index < -0.39 is 0 Å². The van der Waals surface area contributed by atoms with Crippen molar-refractivity contribution in [1.82, 2.24) is 19.7 Å². The first kappa shape index (κ1) is 14.0. The van der Waals surface area contributed by atoms with Gasteiger partial charge < -0.3 is 10.6 Å². The maximum Gasteiger partial charge on any atom is 0.229 e. The van der Waals surface area contributed by atoms with Crippen molar-refractivity contribution >= 4 is 22.8 Å². The minimum Gasteiger partial charge on any atom is -0.383 e. The summed E-state index contributed by atoms with van der Waals surface area (Å²) in [5.74, 6) is 1.19. The Balaban J connectivity index is 1.80. The van der Waals surface area contributed by atoms with Crippen LogP contribution in [-0.2, 0) is 7.05 Å². The van der Waals surface area contributed by atoms with E-state index in [2.05, 4.69) is 46.2 Å². The van der Waals surface area contributed by atoms with Crippen molar-refractivity contribution in [2.45, 2.75) is 25.8 Å². The summed E-state index contributed by atoms with van der Waals surface area (Å²) in [6.07, 6.45) is 3.96. The summed E-state index contributed by atoms with van der Waals surface area (Å²) in [5, 5.41) is 5.04. The molecular formula is C17H20N6. The van der Waals surface area contributed by atoms with E-state index in [0.29, 0.717) is 17.8 Å². The summed E-state index contributed by atoms with van der Waals surface area (Å²) in [6.45, 7) is 3.10. The molecule has 1 aliphatic rings. The average molecular weight is 308 g/mol. The summed E-state index contributed by atoms with van der Waals surface area (Å²) >= 11 is 0. The molecule has 0 saturated carbocycles. The number of benzene rings is 1. The molecule has 0 spiro atoms. The van der Waals surface area contributed by atoms with Gasteiger partial charge in [0.05, 0.1) is 17.6 Å². The number of nitrogens with zero attached hydrogens (tertiary/aromatic N) is 5. The summed E-state index contributed by atoms with van der Waals surface area (Å²) in [7, 11) is 1.88. The van der Waals surface area contributed by atoms with Gasteiger partial charge in [-0.3, -0.25) is 4.68 Å². The van der Waals surface area contributed by atoms with Crippen LogP contribution in [0.4, 0.5) is 11.8 Å². The number of aromatic nitrogens is 4. The zero-order chi connectivity index (χ0) is 16.0. The van der Waals surface area contributed by atoms with E-state index in [0.717, 1.165) is 30.4 Å². The second-order valence-corrected chi connectivity index (χ2v) is 6.12. The average Bonchev–Trinajstić information content (AvgIpc) is 3.15. The summed E-state index contributed by atoms with van der Waals surface area (Å²) in [4.78, 5) is 11.5. The fourth-order valence-electron chi connectivity index (χ4n) is 3.45. The fourth-order valence-corrected chi connectivity index (χ4v) is 3.45. The maximum atomic E-state index is 6.12. The molecule has 23 heavy (non-hydrogen) atoms. The SMILES string of the molecule is Cc1ccccc1[C@H]1CCCN1c1nc(N)c2cnn(C)c2n1. The number of hydrogen-bond donors (Lipinski definition) is 1. The molecule has 0 unspecified atom stereocenters. The third kappa shape index (κ3) is 2.21. The maximum absolute atomic E-state index is 6.12. The van der Waals surface area contributed by atoms with Gasteiger partial charge in [-0.25, -0.2) is 0 Å². The van der Waals surface area contributed by atoms with Crippen LogP contribution in [0.15, 0.2) is 30.5 Å². The standard InChI is InChI=1S/C17H20N6/c1-11-6-3-4-7-12(11)14-8-5-9-23(14)17-20-15(18)13-10-19-22(2)16(13)21-17/h3-4,6-7,10,14H,5,8-9H2,1-2H3,(H2,18,20,21)/t14-/m1/s1.